The van der Waals surface area contributed by atoms with Crippen LogP contribution in [0.2, 0.25) is 18.1 Å². The predicted molar refractivity (Wildman–Crippen MR) is 87.7 cm³/mol. The van der Waals surface area contributed by atoms with Gasteiger partial charge in [-0.25, -0.2) is 0 Å². The second-order valence-electron chi connectivity index (χ2n) is 8.21. The summed E-state index contributed by atoms with van der Waals surface area (Å²) in [5.74, 6) is 0.0297. The van der Waals surface area contributed by atoms with Gasteiger partial charge < -0.3 is 14.5 Å². The maximum absolute atomic E-state index is 12.2. The molecule has 1 fully saturated rings. The standard InChI is InChI=1S/C16H31NO3Si/c1-12(20-21(7,8)14(2,3)4)16(6)13(19)17-15(16,5)10-9-11-18/h11-12H,9-10H2,1-8H3,(H,17,19)/t12-,15-,16+/m1/s1. The Hall–Kier alpha value is -0.683. The van der Waals surface area contributed by atoms with Gasteiger partial charge in [0.05, 0.1) is 17.1 Å². The van der Waals surface area contributed by atoms with Crippen molar-refractivity contribution in [2.75, 3.05) is 0 Å². The molecule has 1 aliphatic heterocycles. The number of hydrogen-bond acceptors (Lipinski definition) is 3. The molecular weight excluding hydrogens is 282 g/mol. The van der Waals surface area contributed by atoms with Gasteiger partial charge >= 0.3 is 0 Å². The van der Waals surface area contributed by atoms with Crippen molar-refractivity contribution in [3.05, 3.63) is 0 Å². The van der Waals surface area contributed by atoms with E-state index in [2.05, 4.69) is 39.2 Å². The third-order valence-corrected chi connectivity index (χ3v) is 10.4. The van der Waals surface area contributed by atoms with Gasteiger partial charge in [0.15, 0.2) is 8.32 Å². The maximum atomic E-state index is 12.2. The van der Waals surface area contributed by atoms with E-state index in [1.54, 1.807) is 0 Å². The van der Waals surface area contributed by atoms with Gasteiger partial charge in [-0.1, -0.05) is 20.8 Å². The molecule has 1 heterocycles. The molecule has 122 valence electrons. The van der Waals surface area contributed by atoms with Crippen molar-refractivity contribution in [2.45, 2.75) is 84.2 Å². The highest BCUT2D eigenvalue weighted by Crippen LogP contribution is 2.49. The Bertz CT molecular complexity index is 430. The lowest BCUT2D eigenvalue weighted by Crippen LogP contribution is -2.78. The van der Waals surface area contributed by atoms with E-state index in [-0.39, 0.29) is 22.6 Å². The lowest BCUT2D eigenvalue weighted by Gasteiger charge is -2.59. The maximum Gasteiger partial charge on any atom is 0.231 e. The van der Waals surface area contributed by atoms with Crippen molar-refractivity contribution in [3.63, 3.8) is 0 Å². The summed E-state index contributed by atoms with van der Waals surface area (Å²) in [6, 6.07) is 0. The monoisotopic (exact) mass is 313 g/mol. The van der Waals surface area contributed by atoms with E-state index < -0.39 is 13.7 Å². The van der Waals surface area contributed by atoms with Crippen LogP contribution in [0.4, 0.5) is 0 Å². The van der Waals surface area contributed by atoms with E-state index >= 15 is 0 Å². The fraction of sp³-hybridized carbons (Fsp3) is 0.875. The number of aldehydes is 1. The van der Waals surface area contributed by atoms with E-state index in [0.717, 1.165) is 6.29 Å². The highest BCUT2D eigenvalue weighted by atomic mass is 28.4. The third-order valence-electron chi connectivity index (χ3n) is 5.86. The summed E-state index contributed by atoms with van der Waals surface area (Å²) in [5.41, 5.74) is -0.946. The number of carbonyl (C=O) groups is 2. The van der Waals surface area contributed by atoms with E-state index in [1.807, 2.05) is 20.8 Å². The summed E-state index contributed by atoms with van der Waals surface area (Å²) >= 11 is 0. The van der Waals surface area contributed by atoms with Crippen LogP contribution in [0.3, 0.4) is 0 Å². The molecule has 1 aliphatic rings. The van der Waals surface area contributed by atoms with Gasteiger partial charge in [0, 0.05) is 6.42 Å². The summed E-state index contributed by atoms with van der Waals surface area (Å²) in [7, 11) is -1.93. The molecule has 0 aliphatic carbocycles. The molecular formula is C16H31NO3Si. The van der Waals surface area contributed by atoms with Crippen LogP contribution in [0.1, 0.15) is 54.4 Å². The van der Waals surface area contributed by atoms with Crippen molar-refractivity contribution in [3.8, 4) is 0 Å². The summed E-state index contributed by atoms with van der Waals surface area (Å²) in [4.78, 5) is 22.9. The van der Waals surface area contributed by atoms with Crippen LogP contribution in [-0.2, 0) is 14.0 Å². The molecule has 1 amide bonds. The first-order valence-electron chi connectivity index (χ1n) is 7.76. The van der Waals surface area contributed by atoms with Crippen molar-refractivity contribution < 1.29 is 14.0 Å². The van der Waals surface area contributed by atoms with Gasteiger partial charge in [-0.15, -0.1) is 0 Å². The van der Waals surface area contributed by atoms with Gasteiger partial charge in [0.2, 0.25) is 5.91 Å². The van der Waals surface area contributed by atoms with E-state index in [9.17, 15) is 9.59 Å². The molecule has 0 aromatic carbocycles. The minimum Gasteiger partial charge on any atom is -0.413 e. The van der Waals surface area contributed by atoms with Gasteiger partial charge in [-0.05, 0) is 45.3 Å². The Morgan fingerprint density at radius 1 is 1.33 bits per heavy atom. The lowest BCUT2D eigenvalue weighted by molar-refractivity contribution is -0.166. The second-order valence-corrected chi connectivity index (χ2v) is 13.0. The first-order valence-corrected chi connectivity index (χ1v) is 10.7. The Morgan fingerprint density at radius 2 is 1.86 bits per heavy atom. The van der Waals surface area contributed by atoms with Crippen LogP contribution in [0, 0.1) is 5.41 Å². The Labute approximate surface area is 130 Å². The molecule has 0 unspecified atom stereocenters. The predicted octanol–water partition coefficient (Wildman–Crippen LogP) is 3.27. The Balaban J connectivity index is 2.95. The van der Waals surface area contributed by atoms with Crippen LogP contribution in [0.5, 0.6) is 0 Å². The lowest BCUT2D eigenvalue weighted by atomic mass is 9.59. The highest BCUT2D eigenvalue weighted by molar-refractivity contribution is 6.74. The summed E-state index contributed by atoms with van der Waals surface area (Å²) in [6.45, 7) is 17.0. The largest absolute Gasteiger partial charge is 0.413 e. The van der Waals surface area contributed by atoms with E-state index in [4.69, 9.17) is 4.43 Å². The van der Waals surface area contributed by atoms with Gasteiger partial charge in [0.25, 0.3) is 0 Å². The van der Waals surface area contributed by atoms with Crippen molar-refractivity contribution in [1.29, 1.82) is 0 Å². The first-order chi connectivity index (χ1) is 9.32. The molecule has 0 bridgehead atoms. The van der Waals surface area contributed by atoms with E-state index in [1.165, 1.54) is 0 Å². The molecule has 0 aromatic heterocycles. The summed E-state index contributed by atoms with van der Waals surface area (Å²) < 4.78 is 6.44. The molecule has 21 heavy (non-hydrogen) atoms. The average molecular weight is 314 g/mol. The second kappa shape index (κ2) is 5.50. The zero-order valence-electron chi connectivity index (χ0n) is 14.8. The number of nitrogens with one attached hydrogen (secondary N) is 1. The number of rotatable bonds is 6. The Morgan fingerprint density at radius 3 is 2.24 bits per heavy atom. The molecule has 0 spiro atoms. The van der Waals surface area contributed by atoms with Gasteiger partial charge in [-0.3, -0.25) is 4.79 Å². The van der Waals surface area contributed by atoms with Gasteiger partial charge in [-0.2, -0.15) is 0 Å². The molecule has 1 saturated heterocycles. The fourth-order valence-corrected chi connectivity index (χ4v) is 4.21. The van der Waals surface area contributed by atoms with Crippen LogP contribution in [0.15, 0.2) is 0 Å². The molecule has 1 rings (SSSR count). The van der Waals surface area contributed by atoms with Crippen molar-refractivity contribution >= 4 is 20.5 Å². The SMILES string of the molecule is C[C@@H](O[Si](C)(C)C(C)(C)C)[C@@]1(C)C(=O)N[C@]1(C)CCC=O. The van der Waals surface area contributed by atoms with Crippen LogP contribution in [0.25, 0.3) is 0 Å². The molecule has 3 atom stereocenters. The normalized spacial score (nSPS) is 31.3. The smallest absolute Gasteiger partial charge is 0.231 e. The molecule has 0 aromatic rings. The first kappa shape index (κ1) is 18.4. The molecule has 0 saturated carbocycles. The quantitative estimate of drug-likeness (QED) is 0.465. The molecule has 5 heteroatoms. The number of hydrogen-bond donors (Lipinski definition) is 1. The third kappa shape index (κ3) is 2.95. The Kier molecular flexibility index (Phi) is 4.81. The highest BCUT2D eigenvalue weighted by Gasteiger charge is 2.63. The molecule has 1 N–H and O–H groups in total. The number of β-lactam (4-membered cyclic amide) rings is 1. The van der Waals surface area contributed by atoms with E-state index in [0.29, 0.717) is 12.8 Å². The van der Waals surface area contributed by atoms with Crippen LogP contribution >= 0.6 is 0 Å². The number of amides is 1. The number of carbonyl (C=O) groups excluding carboxylic acids is 2. The minimum atomic E-state index is -1.93. The average Bonchev–Trinajstić information content (AvgIpc) is 2.33. The van der Waals surface area contributed by atoms with Crippen molar-refractivity contribution in [1.82, 2.24) is 5.32 Å². The summed E-state index contributed by atoms with van der Waals surface area (Å²) in [5, 5.41) is 3.10. The van der Waals surface area contributed by atoms with Crippen LogP contribution in [-0.4, -0.2) is 32.2 Å². The summed E-state index contributed by atoms with van der Waals surface area (Å²) in [6.07, 6.45) is 1.86. The molecule has 4 nitrogen and oxygen atoms in total. The van der Waals surface area contributed by atoms with Crippen molar-refractivity contribution in [2.24, 2.45) is 5.41 Å². The zero-order chi connectivity index (χ0) is 16.7. The fourth-order valence-electron chi connectivity index (χ4n) is 2.74. The topological polar surface area (TPSA) is 55.4 Å². The minimum absolute atomic E-state index is 0.0297. The molecule has 0 radical (unpaired) electrons. The van der Waals surface area contributed by atoms with Gasteiger partial charge in [0.1, 0.15) is 6.29 Å². The zero-order valence-corrected chi connectivity index (χ0v) is 15.8. The van der Waals surface area contributed by atoms with Crippen LogP contribution < -0.4 is 5.32 Å².